The van der Waals surface area contributed by atoms with Gasteiger partial charge < -0.3 is 15.2 Å². The van der Waals surface area contributed by atoms with E-state index in [1.165, 1.54) is 25.7 Å². The summed E-state index contributed by atoms with van der Waals surface area (Å²) in [6, 6.07) is 0. The summed E-state index contributed by atoms with van der Waals surface area (Å²) in [6.07, 6.45) is 9.02. The van der Waals surface area contributed by atoms with E-state index >= 15 is 0 Å². The van der Waals surface area contributed by atoms with Gasteiger partial charge in [0, 0.05) is 6.61 Å². The zero-order valence-electron chi connectivity index (χ0n) is 13.6. The second-order valence-electron chi connectivity index (χ2n) is 6.90. The minimum Gasteiger partial charge on any atom is -0.465 e. The van der Waals surface area contributed by atoms with Gasteiger partial charge >= 0.3 is 5.97 Å². The Morgan fingerprint density at radius 2 is 2.10 bits per heavy atom. The van der Waals surface area contributed by atoms with E-state index in [2.05, 4.69) is 6.92 Å². The van der Waals surface area contributed by atoms with Crippen LogP contribution >= 0.6 is 0 Å². The summed E-state index contributed by atoms with van der Waals surface area (Å²) in [5.74, 6) is 0.764. The van der Waals surface area contributed by atoms with Crippen LogP contribution < -0.4 is 5.73 Å². The van der Waals surface area contributed by atoms with Gasteiger partial charge in [-0.25, -0.2) is 0 Å². The molecule has 4 unspecified atom stereocenters. The van der Waals surface area contributed by atoms with Crippen LogP contribution in [-0.4, -0.2) is 30.8 Å². The maximum absolute atomic E-state index is 12.1. The van der Waals surface area contributed by atoms with Gasteiger partial charge in [-0.3, -0.25) is 4.79 Å². The average molecular weight is 297 g/mol. The van der Waals surface area contributed by atoms with Crippen molar-refractivity contribution in [1.29, 1.82) is 0 Å². The van der Waals surface area contributed by atoms with Crippen molar-refractivity contribution in [3.63, 3.8) is 0 Å². The van der Waals surface area contributed by atoms with Gasteiger partial charge in [0.2, 0.25) is 0 Å². The molecule has 0 aliphatic heterocycles. The molecule has 0 spiro atoms. The number of carbonyl (C=O) groups excluding carboxylic acids is 1. The van der Waals surface area contributed by atoms with Crippen LogP contribution in [0.4, 0.5) is 0 Å². The van der Waals surface area contributed by atoms with Crippen molar-refractivity contribution < 1.29 is 14.3 Å². The lowest BCUT2D eigenvalue weighted by Crippen LogP contribution is -2.52. The number of ether oxygens (including phenoxy) is 2. The molecule has 4 heteroatoms. The Morgan fingerprint density at radius 3 is 2.81 bits per heavy atom. The van der Waals surface area contributed by atoms with Gasteiger partial charge in [0.05, 0.1) is 12.7 Å². The maximum Gasteiger partial charge on any atom is 0.326 e. The smallest absolute Gasteiger partial charge is 0.326 e. The van der Waals surface area contributed by atoms with Gasteiger partial charge in [-0.15, -0.1) is 0 Å². The van der Waals surface area contributed by atoms with Crippen LogP contribution in [0.15, 0.2) is 0 Å². The number of hydrogen-bond donors (Lipinski definition) is 1. The SMILES string of the molecule is CCOC(=O)C1(N)CCCC1CCOC1CCCC(C)C1. The molecule has 0 heterocycles. The van der Waals surface area contributed by atoms with E-state index in [1.807, 2.05) is 6.92 Å². The number of carbonyl (C=O) groups is 1. The highest BCUT2D eigenvalue weighted by Crippen LogP contribution is 2.37. The van der Waals surface area contributed by atoms with Crippen LogP contribution in [0.2, 0.25) is 0 Å². The molecule has 0 aromatic rings. The van der Waals surface area contributed by atoms with Crippen LogP contribution in [0.3, 0.4) is 0 Å². The molecule has 4 nitrogen and oxygen atoms in total. The van der Waals surface area contributed by atoms with E-state index in [0.29, 0.717) is 12.7 Å². The van der Waals surface area contributed by atoms with Crippen LogP contribution in [0.1, 0.15) is 65.2 Å². The Kier molecular flexibility index (Phi) is 6.06. The summed E-state index contributed by atoms with van der Waals surface area (Å²) >= 11 is 0. The Labute approximate surface area is 128 Å². The van der Waals surface area contributed by atoms with Crippen LogP contribution in [0.5, 0.6) is 0 Å². The van der Waals surface area contributed by atoms with E-state index in [0.717, 1.165) is 38.2 Å². The molecule has 2 rings (SSSR count). The van der Waals surface area contributed by atoms with Crippen molar-refractivity contribution in [2.24, 2.45) is 17.6 Å². The second kappa shape index (κ2) is 7.59. The lowest BCUT2D eigenvalue weighted by molar-refractivity contribution is -0.151. The highest BCUT2D eigenvalue weighted by Gasteiger charge is 2.46. The molecule has 21 heavy (non-hydrogen) atoms. The summed E-state index contributed by atoms with van der Waals surface area (Å²) in [4.78, 5) is 12.1. The molecule has 2 saturated carbocycles. The Bertz CT molecular complexity index is 347. The van der Waals surface area contributed by atoms with Gasteiger partial charge in [0.15, 0.2) is 0 Å². The highest BCUT2D eigenvalue weighted by molar-refractivity contribution is 5.81. The fourth-order valence-corrected chi connectivity index (χ4v) is 3.95. The van der Waals surface area contributed by atoms with Crippen LogP contribution in [-0.2, 0) is 14.3 Å². The third-order valence-electron chi connectivity index (χ3n) is 5.24. The normalized spacial score (nSPS) is 36.6. The number of rotatable bonds is 6. The molecule has 0 amide bonds. The molecule has 0 saturated heterocycles. The van der Waals surface area contributed by atoms with Crippen molar-refractivity contribution in [3.05, 3.63) is 0 Å². The molecular formula is C17H31NO3. The van der Waals surface area contributed by atoms with Gasteiger partial charge in [-0.1, -0.05) is 26.2 Å². The standard InChI is InChI=1S/C17H31NO3/c1-3-20-16(19)17(18)10-5-7-14(17)9-11-21-15-8-4-6-13(2)12-15/h13-15H,3-12,18H2,1-2H3. The van der Waals surface area contributed by atoms with E-state index in [1.54, 1.807) is 0 Å². The fourth-order valence-electron chi connectivity index (χ4n) is 3.95. The van der Waals surface area contributed by atoms with Crippen molar-refractivity contribution in [1.82, 2.24) is 0 Å². The highest BCUT2D eigenvalue weighted by atomic mass is 16.5. The number of esters is 1. The molecule has 0 aromatic heterocycles. The predicted molar refractivity (Wildman–Crippen MR) is 82.9 cm³/mol. The van der Waals surface area contributed by atoms with E-state index in [-0.39, 0.29) is 11.9 Å². The van der Waals surface area contributed by atoms with Crippen molar-refractivity contribution >= 4 is 5.97 Å². The summed E-state index contributed by atoms with van der Waals surface area (Å²) in [5.41, 5.74) is 5.57. The number of hydrogen-bond acceptors (Lipinski definition) is 4. The quantitative estimate of drug-likeness (QED) is 0.765. The third kappa shape index (κ3) is 4.19. The van der Waals surface area contributed by atoms with Crippen molar-refractivity contribution in [2.75, 3.05) is 13.2 Å². The first-order valence-electron chi connectivity index (χ1n) is 8.64. The molecule has 122 valence electrons. The topological polar surface area (TPSA) is 61.5 Å². The van der Waals surface area contributed by atoms with Crippen LogP contribution in [0, 0.1) is 11.8 Å². The Hall–Kier alpha value is -0.610. The molecule has 0 aromatic carbocycles. The molecule has 0 bridgehead atoms. The van der Waals surface area contributed by atoms with Crippen molar-refractivity contribution in [2.45, 2.75) is 76.9 Å². The molecule has 4 atom stereocenters. The number of nitrogens with two attached hydrogens (primary N) is 1. The molecular weight excluding hydrogens is 266 g/mol. The van der Waals surface area contributed by atoms with Gasteiger partial charge in [-0.2, -0.15) is 0 Å². The molecule has 2 aliphatic rings. The Balaban J connectivity index is 1.77. The third-order valence-corrected chi connectivity index (χ3v) is 5.24. The first-order valence-corrected chi connectivity index (χ1v) is 8.64. The zero-order valence-corrected chi connectivity index (χ0v) is 13.6. The van der Waals surface area contributed by atoms with Gasteiger partial charge in [0.25, 0.3) is 0 Å². The molecule has 2 fully saturated rings. The van der Waals surface area contributed by atoms with Gasteiger partial charge in [-0.05, 0) is 50.9 Å². The first kappa shape index (κ1) is 16.8. The first-order chi connectivity index (χ1) is 10.1. The largest absolute Gasteiger partial charge is 0.465 e. The van der Waals surface area contributed by atoms with Gasteiger partial charge in [0.1, 0.15) is 5.54 Å². The fraction of sp³-hybridized carbons (Fsp3) is 0.941. The summed E-state index contributed by atoms with van der Waals surface area (Å²) in [7, 11) is 0. The minimum absolute atomic E-state index is 0.206. The Morgan fingerprint density at radius 1 is 1.29 bits per heavy atom. The lowest BCUT2D eigenvalue weighted by atomic mass is 9.85. The van der Waals surface area contributed by atoms with Crippen molar-refractivity contribution in [3.8, 4) is 0 Å². The average Bonchev–Trinajstić information content (AvgIpc) is 2.82. The summed E-state index contributed by atoms with van der Waals surface area (Å²) < 4.78 is 11.2. The summed E-state index contributed by atoms with van der Waals surface area (Å²) in [5, 5.41) is 0. The van der Waals surface area contributed by atoms with E-state index in [4.69, 9.17) is 15.2 Å². The lowest BCUT2D eigenvalue weighted by Gasteiger charge is -2.30. The summed E-state index contributed by atoms with van der Waals surface area (Å²) in [6.45, 7) is 5.26. The maximum atomic E-state index is 12.1. The minimum atomic E-state index is -0.779. The second-order valence-corrected chi connectivity index (χ2v) is 6.90. The van der Waals surface area contributed by atoms with E-state index < -0.39 is 5.54 Å². The van der Waals surface area contributed by atoms with Crippen LogP contribution in [0.25, 0.3) is 0 Å². The monoisotopic (exact) mass is 297 g/mol. The molecule has 2 aliphatic carbocycles. The molecule has 2 N–H and O–H groups in total. The molecule has 0 radical (unpaired) electrons. The van der Waals surface area contributed by atoms with E-state index in [9.17, 15) is 4.79 Å². The zero-order chi connectivity index (χ0) is 15.3. The predicted octanol–water partition coefficient (Wildman–Crippen LogP) is 3.03.